The van der Waals surface area contributed by atoms with Crippen LogP contribution in [-0.2, 0) is 11.3 Å². The number of rotatable bonds is 7. The second-order valence-electron chi connectivity index (χ2n) is 6.46. The van der Waals surface area contributed by atoms with Gasteiger partial charge < -0.3 is 11.1 Å². The predicted molar refractivity (Wildman–Crippen MR) is 100 cm³/mol. The molecule has 0 radical (unpaired) electrons. The second kappa shape index (κ2) is 10.3. The molecule has 1 saturated heterocycles. The van der Waals surface area contributed by atoms with E-state index in [0.29, 0.717) is 5.92 Å². The molecule has 0 spiro atoms. The lowest BCUT2D eigenvalue weighted by Crippen LogP contribution is -2.47. The lowest BCUT2D eigenvalue weighted by molar-refractivity contribution is -0.123. The minimum absolute atomic E-state index is 0. The van der Waals surface area contributed by atoms with E-state index < -0.39 is 0 Å². The number of hydrogen-bond acceptors (Lipinski definition) is 4. The number of hydrogen-bond donors (Lipinski definition) is 2. The van der Waals surface area contributed by atoms with Crippen molar-refractivity contribution in [3.63, 3.8) is 0 Å². The Balaban J connectivity index is 0.00000264. The average molecular weight is 360 g/mol. The highest BCUT2D eigenvalue weighted by molar-refractivity contribution is 7.09. The number of nitrogens with one attached hydrogen (secondary N) is 1. The molecule has 0 bridgehead atoms. The van der Waals surface area contributed by atoms with Gasteiger partial charge in [0.2, 0.25) is 5.91 Å². The van der Waals surface area contributed by atoms with Gasteiger partial charge >= 0.3 is 0 Å². The van der Waals surface area contributed by atoms with Crippen LogP contribution in [0.15, 0.2) is 17.5 Å². The molecule has 2 heterocycles. The minimum Gasteiger partial charge on any atom is -0.354 e. The quantitative estimate of drug-likeness (QED) is 0.787. The Bertz CT molecular complexity index is 447. The summed E-state index contributed by atoms with van der Waals surface area (Å²) in [5, 5.41) is 5.18. The molecule has 1 aromatic rings. The Morgan fingerprint density at radius 3 is 2.74 bits per heavy atom. The molecule has 3 N–H and O–H groups in total. The van der Waals surface area contributed by atoms with Crippen molar-refractivity contribution in [2.45, 2.75) is 45.7 Å². The summed E-state index contributed by atoms with van der Waals surface area (Å²) in [7, 11) is 0. The fourth-order valence-electron chi connectivity index (χ4n) is 2.85. The maximum atomic E-state index is 12.0. The van der Waals surface area contributed by atoms with Crippen LogP contribution in [0.4, 0.5) is 0 Å². The molecule has 1 amide bonds. The lowest BCUT2D eigenvalue weighted by atomic mass is 9.95. The summed E-state index contributed by atoms with van der Waals surface area (Å²) < 4.78 is 0. The first kappa shape index (κ1) is 20.4. The third-order valence-electron chi connectivity index (χ3n) is 4.79. The molecule has 0 aliphatic carbocycles. The molecule has 2 unspecified atom stereocenters. The molecule has 2 rings (SSSR count). The third kappa shape index (κ3) is 6.42. The zero-order valence-electron chi connectivity index (χ0n) is 14.2. The van der Waals surface area contributed by atoms with Crippen LogP contribution >= 0.6 is 23.7 Å². The van der Waals surface area contributed by atoms with E-state index in [9.17, 15) is 4.79 Å². The highest BCUT2D eigenvalue weighted by Crippen LogP contribution is 2.20. The number of piperidine rings is 1. The highest BCUT2D eigenvalue weighted by atomic mass is 35.5. The van der Waals surface area contributed by atoms with Gasteiger partial charge in [0.05, 0.1) is 6.04 Å². The SMILES string of the molecule is CCC(C)C(N)C(=O)NCC1CCN(Cc2cccs2)CC1.Cl. The van der Waals surface area contributed by atoms with Gasteiger partial charge in [-0.3, -0.25) is 9.69 Å². The van der Waals surface area contributed by atoms with Crippen molar-refractivity contribution in [3.05, 3.63) is 22.4 Å². The molecular formula is C17H30ClN3OS. The van der Waals surface area contributed by atoms with Crippen molar-refractivity contribution in [1.29, 1.82) is 0 Å². The van der Waals surface area contributed by atoms with E-state index in [4.69, 9.17) is 5.73 Å². The van der Waals surface area contributed by atoms with Crippen molar-refractivity contribution >= 4 is 29.7 Å². The van der Waals surface area contributed by atoms with Crippen LogP contribution in [0, 0.1) is 11.8 Å². The summed E-state index contributed by atoms with van der Waals surface area (Å²) in [5.74, 6) is 0.843. The zero-order valence-corrected chi connectivity index (χ0v) is 15.8. The summed E-state index contributed by atoms with van der Waals surface area (Å²) in [6, 6.07) is 3.94. The lowest BCUT2D eigenvalue weighted by Gasteiger charge is -2.32. The maximum Gasteiger partial charge on any atom is 0.237 e. The molecule has 0 saturated carbocycles. The molecule has 1 aromatic heterocycles. The van der Waals surface area contributed by atoms with Crippen molar-refractivity contribution in [2.75, 3.05) is 19.6 Å². The number of nitrogens with two attached hydrogens (primary N) is 1. The number of carbonyl (C=O) groups is 1. The van der Waals surface area contributed by atoms with Crippen molar-refractivity contribution in [1.82, 2.24) is 10.2 Å². The van der Waals surface area contributed by atoms with Crippen LogP contribution in [-0.4, -0.2) is 36.5 Å². The van der Waals surface area contributed by atoms with Crippen LogP contribution in [0.5, 0.6) is 0 Å². The molecule has 2 atom stereocenters. The molecule has 1 fully saturated rings. The van der Waals surface area contributed by atoms with Gasteiger partial charge in [0, 0.05) is 18.0 Å². The molecule has 132 valence electrons. The normalized spacial score (nSPS) is 18.9. The standard InChI is InChI=1S/C17H29N3OS.ClH/c1-3-13(2)16(18)17(21)19-11-14-6-8-20(9-7-14)12-15-5-4-10-22-15;/h4-5,10,13-14,16H,3,6-9,11-12,18H2,1-2H3,(H,19,21);1H. The zero-order chi connectivity index (χ0) is 15.9. The van der Waals surface area contributed by atoms with Crippen LogP contribution in [0.2, 0.25) is 0 Å². The topological polar surface area (TPSA) is 58.4 Å². The summed E-state index contributed by atoms with van der Waals surface area (Å²) in [6.45, 7) is 8.19. The molecule has 4 nitrogen and oxygen atoms in total. The van der Waals surface area contributed by atoms with E-state index in [1.165, 1.54) is 4.88 Å². The Kier molecular flexibility index (Phi) is 9.14. The van der Waals surface area contributed by atoms with Crippen LogP contribution in [0.25, 0.3) is 0 Å². The van der Waals surface area contributed by atoms with E-state index in [2.05, 4.69) is 34.7 Å². The van der Waals surface area contributed by atoms with E-state index in [1.807, 2.05) is 18.3 Å². The highest BCUT2D eigenvalue weighted by Gasteiger charge is 2.23. The number of carbonyl (C=O) groups excluding carboxylic acids is 1. The average Bonchev–Trinajstić information content (AvgIpc) is 3.05. The van der Waals surface area contributed by atoms with Crippen LogP contribution in [0.3, 0.4) is 0 Å². The first-order valence-corrected chi connectivity index (χ1v) is 9.26. The molecule has 6 heteroatoms. The van der Waals surface area contributed by atoms with Gasteiger partial charge in [0.25, 0.3) is 0 Å². The number of halogens is 1. The summed E-state index contributed by atoms with van der Waals surface area (Å²) >= 11 is 1.83. The summed E-state index contributed by atoms with van der Waals surface area (Å²) in [6.07, 6.45) is 3.25. The molecule has 23 heavy (non-hydrogen) atoms. The van der Waals surface area contributed by atoms with Crippen LogP contribution < -0.4 is 11.1 Å². The van der Waals surface area contributed by atoms with Gasteiger partial charge in [-0.05, 0) is 49.2 Å². The fraction of sp³-hybridized carbons (Fsp3) is 0.706. The minimum atomic E-state index is -0.371. The van der Waals surface area contributed by atoms with Gasteiger partial charge in [0.15, 0.2) is 0 Å². The molecular weight excluding hydrogens is 330 g/mol. The number of nitrogens with zero attached hydrogens (tertiary/aromatic N) is 1. The smallest absolute Gasteiger partial charge is 0.237 e. The largest absolute Gasteiger partial charge is 0.354 e. The van der Waals surface area contributed by atoms with E-state index in [-0.39, 0.29) is 30.3 Å². The number of likely N-dealkylation sites (tertiary alicyclic amines) is 1. The maximum absolute atomic E-state index is 12.0. The first-order valence-electron chi connectivity index (χ1n) is 8.38. The summed E-state index contributed by atoms with van der Waals surface area (Å²) in [4.78, 5) is 16.0. The predicted octanol–water partition coefficient (Wildman–Crippen LogP) is 2.87. The van der Waals surface area contributed by atoms with Gasteiger partial charge in [-0.2, -0.15) is 0 Å². The summed E-state index contributed by atoms with van der Waals surface area (Å²) in [5.41, 5.74) is 5.97. The van der Waals surface area contributed by atoms with Crippen molar-refractivity contribution in [3.8, 4) is 0 Å². The first-order chi connectivity index (χ1) is 10.6. The van der Waals surface area contributed by atoms with E-state index >= 15 is 0 Å². The Labute approximate surface area is 150 Å². The third-order valence-corrected chi connectivity index (χ3v) is 5.65. The molecule has 1 aliphatic rings. The Morgan fingerprint density at radius 1 is 1.48 bits per heavy atom. The van der Waals surface area contributed by atoms with Gasteiger partial charge in [-0.1, -0.05) is 26.3 Å². The fourth-order valence-corrected chi connectivity index (χ4v) is 3.59. The van der Waals surface area contributed by atoms with Crippen molar-refractivity contribution in [2.24, 2.45) is 17.6 Å². The van der Waals surface area contributed by atoms with Crippen LogP contribution in [0.1, 0.15) is 38.0 Å². The second-order valence-corrected chi connectivity index (χ2v) is 7.49. The Hall–Kier alpha value is -0.620. The van der Waals surface area contributed by atoms with Gasteiger partial charge in [-0.15, -0.1) is 23.7 Å². The van der Waals surface area contributed by atoms with Crippen molar-refractivity contribution < 1.29 is 4.79 Å². The molecule has 0 aromatic carbocycles. The van der Waals surface area contributed by atoms with Gasteiger partial charge in [0.1, 0.15) is 0 Å². The van der Waals surface area contributed by atoms with Gasteiger partial charge in [-0.25, -0.2) is 0 Å². The number of thiophene rings is 1. The monoisotopic (exact) mass is 359 g/mol. The molecule has 1 aliphatic heterocycles. The van der Waals surface area contributed by atoms with E-state index in [0.717, 1.165) is 45.4 Å². The Morgan fingerprint density at radius 2 is 2.17 bits per heavy atom. The number of amides is 1. The van der Waals surface area contributed by atoms with E-state index in [1.54, 1.807) is 0 Å².